The van der Waals surface area contributed by atoms with Crippen molar-refractivity contribution in [2.45, 2.75) is 68.4 Å². The molecule has 1 N–H and O–H groups in total. The molecule has 3 aliphatic rings. The van der Waals surface area contributed by atoms with E-state index in [1.165, 1.54) is 23.3 Å². The van der Waals surface area contributed by atoms with Crippen LogP contribution in [0.5, 0.6) is 5.75 Å². The van der Waals surface area contributed by atoms with Gasteiger partial charge in [0, 0.05) is 23.9 Å². The summed E-state index contributed by atoms with van der Waals surface area (Å²) in [6.45, 7) is 1.92. The smallest absolute Gasteiger partial charge is 0.297 e. The molecule has 6 atom stereocenters. The molecule has 41 heavy (non-hydrogen) atoms. The fraction of sp³-hybridized carbons (Fsp3) is 0.438. The van der Waals surface area contributed by atoms with Crippen molar-refractivity contribution in [2.24, 2.45) is 17.8 Å². The molecule has 2 fully saturated rings. The quantitative estimate of drug-likeness (QED) is 0.191. The van der Waals surface area contributed by atoms with Crippen molar-refractivity contribution in [3.8, 4) is 5.75 Å². The van der Waals surface area contributed by atoms with Crippen molar-refractivity contribution in [3.63, 3.8) is 0 Å². The zero-order chi connectivity index (χ0) is 28.7. The van der Waals surface area contributed by atoms with Gasteiger partial charge in [0.1, 0.15) is 5.75 Å². The van der Waals surface area contributed by atoms with Crippen LogP contribution in [-0.4, -0.2) is 32.6 Å². The first kappa shape index (κ1) is 27.7. The highest BCUT2D eigenvalue weighted by atomic mass is 32.2. The van der Waals surface area contributed by atoms with E-state index in [0.717, 1.165) is 42.7 Å². The summed E-state index contributed by atoms with van der Waals surface area (Å²) < 4.78 is 38.1. The van der Waals surface area contributed by atoms with Crippen molar-refractivity contribution in [1.29, 1.82) is 0 Å². The van der Waals surface area contributed by atoms with Gasteiger partial charge in [-0.2, -0.15) is 8.42 Å². The van der Waals surface area contributed by atoms with Gasteiger partial charge in [-0.25, -0.2) is 0 Å². The van der Waals surface area contributed by atoms with Crippen molar-refractivity contribution >= 4 is 21.5 Å². The normalized spacial score (nSPS) is 27.2. The molecule has 0 aliphatic heterocycles. The Morgan fingerprint density at radius 3 is 2.37 bits per heavy atom. The summed E-state index contributed by atoms with van der Waals surface area (Å²) in [5.74, 6) is 2.40. The number of anilines is 1. The van der Waals surface area contributed by atoms with E-state index in [2.05, 4.69) is 17.4 Å². The molecule has 9 heteroatoms. The van der Waals surface area contributed by atoms with Gasteiger partial charge in [-0.15, -0.1) is 0 Å². The summed E-state index contributed by atoms with van der Waals surface area (Å²) in [6, 6.07) is 19.7. The van der Waals surface area contributed by atoms with Crippen LogP contribution in [0.3, 0.4) is 0 Å². The number of hydrogen-bond acceptors (Lipinski definition) is 7. The first-order valence-corrected chi connectivity index (χ1v) is 15.8. The Hall–Kier alpha value is -3.43. The Morgan fingerprint density at radius 1 is 0.902 bits per heavy atom. The second kappa shape index (κ2) is 11.1. The molecule has 3 aliphatic carbocycles. The molecule has 2 saturated carbocycles. The van der Waals surface area contributed by atoms with E-state index < -0.39 is 21.1 Å². The van der Waals surface area contributed by atoms with Crippen LogP contribution in [0.15, 0.2) is 71.6 Å². The summed E-state index contributed by atoms with van der Waals surface area (Å²) in [5, 5.41) is 14.8. The number of nitro groups is 1. The zero-order valence-corrected chi connectivity index (χ0v) is 24.2. The molecular formula is C32H36N2O6S. The van der Waals surface area contributed by atoms with Crippen LogP contribution >= 0.6 is 0 Å². The van der Waals surface area contributed by atoms with Crippen LogP contribution in [0.25, 0.3) is 0 Å². The highest BCUT2D eigenvalue weighted by molar-refractivity contribution is 7.86. The number of rotatable bonds is 7. The lowest BCUT2D eigenvalue weighted by atomic mass is 9.55. The van der Waals surface area contributed by atoms with E-state index in [4.69, 9.17) is 8.92 Å². The lowest BCUT2D eigenvalue weighted by Crippen LogP contribution is -2.50. The largest absolute Gasteiger partial charge is 0.497 e. The van der Waals surface area contributed by atoms with Gasteiger partial charge in [-0.3, -0.25) is 14.3 Å². The van der Waals surface area contributed by atoms with Gasteiger partial charge in [-0.1, -0.05) is 23.8 Å². The average molecular weight is 577 g/mol. The molecule has 6 rings (SSSR count). The van der Waals surface area contributed by atoms with Crippen LogP contribution in [0.4, 0.5) is 11.4 Å². The third kappa shape index (κ3) is 5.57. The zero-order valence-electron chi connectivity index (χ0n) is 23.4. The lowest BCUT2D eigenvalue weighted by molar-refractivity contribution is -0.384. The number of ether oxygens (including phenoxy) is 1. The Morgan fingerprint density at radius 2 is 1.66 bits per heavy atom. The molecular weight excluding hydrogens is 540 g/mol. The topological polar surface area (TPSA) is 108 Å². The van der Waals surface area contributed by atoms with E-state index in [1.807, 2.05) is 13.0 Å². The highest BCUT2D eigenvalue weighted by Gasteiger charge is 2.49. The van der Waals surface area contributed by atoms with Crippen LogP contribution in [-0.2, 0) is 20.7 Å². The minimum absolute atomic E-state index is 0.00774. The maximum atomic E-state index is 13.3. The lowest BCUT2D eigenvalue weighted by Gasteiger charge is -2.52. The summed E-state index contributed by atoms with van der Waals surface area (Å²) >= 11 is 0. The van der Waals surface area contributed by atoms with Crippen molar-refractivity contribution in [1.82, 2.24) is 0 Å². The number of non-ortho nitro benzene ring substituents is 1. The van der Waals surface area contributed by atoms with Gasteiger partial charge in [0.25, 0.3) is 15.8 Å². The van der Waals surface area contributed by atoms with Crippen molar-refractivity contribution in [2.75, 3.05) is 12.4 Å². The van der Waals surface area contributed by atoms with Gasteiger partial charge >= 0.3 is 0 Å². The first-order valence-electron chi connectivity index (χ1n) is 14.4. The number of nitro benzene ring substituents is 1. The number of benzene rings is 3. The number of nitrogens with one attached hydrogen (secondary N) is 1. The molecule has 0 amide bonds. The maximum absolute atomic E-state index is 13.3. The molecule has 8 nitrogen and oxygen atoms in total. The third-order valence-electron chi connectivity index (χ3n) is 9.50. The molecule has 0 bridgehead atoms. The molecule has 0 radical (unpaired) electrons. The minimum Gasteiger partial charge on any atom is -0.497 e. The fourth-order valence-corrected chi connectivity index (χ4v) is 8.71. The SMILES string of the molecule is COc1ccc2c(c1)CC[C@H]1[C@@H]3CC(OS(=O)(=O)c4ccc(C)cc4)CC(Nc4ccc([N+](=O)[O-])cc4)[C@H]3CC[C@H]21. The van der Waals surface area contributed by atoms with E-state index >= 15 is 0 Å². The summed E-state index contributed by atoms with van der Waals surface area (Å²) in [7, 11) is -2.23. The highest BCUT2D eigenvalue weighted by Crippen LogP contribution is 2.55. The van der Waals surface area contributed by atoms with Crippen LogP contribution in [0.2, 0.25) is 0 Å². The Labute approximate surface area is 241 Å². The molecule has 2 unspecified atom stereocenters. The average Bonchev–Trinajstić information content (AvgIpc) is 2.96. The van der Waals surface area contributed by atoms with Crippen molar-refractivity contribution < 1.29 is 22.3 Å². The molecule has 3 aromatic carbocycles. The van der Waals surface area contributed by atoms with E-state index in [9.17, 15) is 18.5 Å². The van der Waals surface area contributed by atoms with Crippen molar-refractivity contribution in [3.05, 3.63) is 93.5 Å². The Bertz CT molecular complexity index is 1520. The second-order valence-corrected chi connectivity index (χ2v) is 13.4. The van der Waals surface area contributed by atoms with Gasteiger partial charge in [0.05, 0.1) is 23.0 Å². The summed E-state index contributed by atoms with van der Waals surface area (Å²) in [4.78, 5) is 10.9. The van der Waals surface area contributed by atoms with Gasteiger partial charge in [0.2, 0.25) is 0 Å². The molecule has 0 spiro atoms. The molecule has 0 heterocycles. The number of nitrogens with zero attached hydrogens (tertiary/aromatic N) is 1. The van der Waals surface area contributed by atoms with E-state index in [1.54, 1.807) is 43.5 Å². The monoisotopic (exact) mass is 576 g/mol. The molecule has 216 valence electrons. The number of fused-ring (bicyclic) bond motifs is 5. The summed E-state index contributed by atoms with van der Waals surface area (Å²) in [5.41, 5.74) is 4.58. The number of methoxy groups -OCH3 is 1. The number of aryl methyl sites for hydroxylation is 2. The van der Waals surface area contributed by atoms with Gasteiger partial charge in [-0.05, 0) is 117 Å². The standard InChI is InChI=1S/C32H36N2O6S/c1-20-3-11-26(12-4-20)41(37,38)40-25-18-31-29-13-5-21-17-24(39-2)10-14-27(21)28(29)15-16-30(31)32(19-25)33-22-6-8-23(9-7-22)34(35)36/h3-4,6-12,14,17,25,28-33H,5,13,15-16,18-19H2,1-2H3/t25?,28-,29-,30+,31+,32?/m1/s1. The van der Waals surface area contributed by atoms with Crippen LogP contribution < -0.4 is 10.1 Å². The predicted molar refractivity (Wildman–Crippen MR) is 157 cm³/mol. The summed E-state index contributed by atoms with van der Waals surface area (Å²) in [6.07, 6.45) is 4.91. The Balaban J connectivity index is 1.29. The van der Waals surface area contributed by atoms with Crippen LogP contribution in [0.1, 0.15) is 54.7 Å². The predicted octanol–water partition coefficient (Wildman–Crippen LogP) is 6.63. The maximum Gasteiger partial charge on any atom is 0.297 e. The molecule has 3 aromatic rings. The third-order valence-corrected chi connectivity index (χ3v) is 10.9. The van der Waals surface area contributed by atoms with Crippen LogP contribution in [0, 0.1) is 34.8 Å². The first-order chi connectivity index (χ1) is 19.7. The van der Waals surface area contributed by atoms with Gasteiger partial charge in [0.15, 0.2) is 0 Å². The fourth-order valence-electron chi connectivity index (χ4n) is 7.61. The van der Waals surface area contributed by atoms with Gasteiger partial charge < -0.3 is 10.1 Å². The Kier molecular flexibility index (Phi) is 7.50. The van der Waals surface area contributed by atoms with E-state index in [0.29, 0.717) is 36.5 Å². The van der Waals surface area contributed by atoms with E-state index in [-0.39, 0.29) is 16.6 Å². The number of hydrogen-bond donors (Lipinski definition) is 1. The molecule has 0 aromatic heterocycles. The minimum atomic E-state index is -3.93. The second-order valence-electron chi connectivity index (χ2n) is 11.8. The molecule has 0 saturated heterocycles.